The third-order valence-electron chi connectivity index (χ3n) is 0.0680. The Hall–Kier alpha value is -0.547. The molecular weight excluding hydrogens is 199 g/mol. The average molecular weight is 202 g/mol. The summed E-state index contributed by atoms with van der Waals surface area (Å²) in [5, 5.41) is 0. The summed E-state index contributed by atoms with van der Waals surface area (Å²) >= 11 is -0.704. The molecule has 0 fully saturated rings. The second-order valence-corrected chi connectivity index (χ2v) is 1.50. The summed E-state index contributed by atoms with van der Waals surface area (Å²) < 4.78 is 2.83. The molecule has 0 saturated heterocycles. The first kappa shape index (κ1) is 10.4. The average Bonchev–Trinajstić information content (AvgIpc) is 1.71. The predicted octanol–water partition coefficient (Wildman–Crippen LogP) is -0.681. The van der Waals surface area contributed by atoms with E-state index < -0.39 is 16.2 Å². The van der Waals surface area contributed by atoms with Gasteiger partial charge >= 0.3 is 34.8 Å². The van der Waals surface area contributed by atoms with E-state index in [1.54, 1.807) is 0 Å². The Morgan fingerprint density at radius 1 is 1.38 bits per heavy atom. The molecule has 0 aliphatic rings. The van der Waals surface area contributed by atoms with Crippen molar-refractivity contribution in [3.63, 3.8) is 0 Å². The van der Waals surface area contributed by atoms with Crippen LogP contribution in [0.1, 0.15) is 6.92 Å². The molecule has 0 rings (SSSR count). The first-order valence-electron chi connectivity index (χ1n) is 1.45. The molecule has 0 N–H and O–H groups in total. The van der Waals surface area contributed by atoms with E-state index in [1.807, 2.05) is 0 Å². The zero-order valence-corrected chi connectivity index (χ0v) is 5.70. The molecule has 0 saturated carbocycles. The quantitative estimate of drug-likeness (QED) is 0.386. The van der Waals surface area contributed by atoms with Crippen LogP contribution in [0.15, 0.2) is 0 Å². The summed E-state index contributed by atoms with van der Waals surface area (Å²) in [6, 6.07) is 0. The molecule has 0 radical (unpaired) electrons. The molecule has 0 aliphatic heterocycles. The van der Waals surface area contributed by atoms with Gasteiger partial charge in [-0.05, 0) is 0 Å². The molecule has 0 bridgehead atoms. The van der Waals surface area contributed by atoms with Crippen molar-refractivity contribution in [3.8, 4) is 0 Å². The number of hydrogen-bond acceptors (Lipinski definition) is 3. The second-order valence-electron chi connectivity index (χ2n) is 0.424. The fourth-order valence-corrected chi connectivity index (χ4v) is 0.0822. The van der Waals surface area contributed by atoms with Gasteiger partial charge in [0.25, 0.3) is 0 Å². The van der Waals surface area contributed by atoms with Crippen molar-refractivity contribution < 1.29 is 30.6 Å². The minimum absolute atomic E-state index is 0.704. The first-order valence-corrected chi connectivity index (χ1v) is 3.08. The molecule has 0 aromatic heterocycles. The van der Waals surface area contributed by atoms with Gasteiger partial charge in [-0.1, -0.05) is 0 Å². The molecule has 0 atom stereocenters. The standard InChI is InChI=1S/C2H3O.2CO.Rh/c1-2-3;2*1-2;/h1H3;;;/q-1;;;. The van der Waals surface area contributed by atoms with Crippen LogP contribution in [0.3, 0.4) is 0 Å². The van der Waals surface area contributed by atoms with E-state index >= 15 is 0 Å². The third kappa shape index (κ3) is 51.2. The molecule has 0 aromatic rings. The van der Waals surface area contributed by atoms with Crippen LogP contribution in [0.25, 0.3) is 0 Å². The summed E-state index contributed by atoms with van der Waals surface area (Å²) in [7, 11) is 0. The molecule has 8 heavy (non-hydrogen) atoms. The van der Waals surface area contributed by atoms with Crippen LogP contribution in [0.4, 0.5) is 0 Å². The SMILES string of the molecule is C[C-]=O.O=[C]=[Rh]=[C]=O. The van der Waals surface area contributed by atoms with E-state index in [0.29, 0.717) is 0 Å². The topological polar surface area (TPSA) is 51.2 Å². The second kappa shape index (κ2) is 16.1. The van der Waals surface area contributed by atoms with Crippen LogP contribution in [0, 0.1) is 0 Å². The summed E-state index contributed by atoms with van der Waals surface area (Å²) in [5.74, 6) is 0. The van der Waals surface area contributed by atoms with Crippen LogP contribution < -0.4 is 0 Å². The van der Waals surface area contributed by atoms with Gasteiger partial charge in [0.15, 0.2) is 0 Å². The molecule has 0 amide bonds. The fraction of sp³-hybridized carbons (Fsp3) is 0.250. The molecule has 0 heterocycles. The van der Waals surface area contributed by atoms with Gasteiger partial charge in [-0.2, -0.15) is 6.92 Å². The van der Waals surface area contributed by atoms with Crippen LogP contribution >= 0.6 is 0 Å². The summed E-state index contributed by atoms with van der Waals surface area (Å²) in [5.41, 5.74) is 0. The zero-order valence-electron chi connectivity index (χ0n) is 4.06. The molecule has 0 aromatic carbocycles. The van der Waals surface area contributed by atoms with Gasteiger partial charge in [0.2, 0.25) is 0 Å². The predicted molar refractivity (Wildman–Crippen MR) is 22.8 cm³/mol. The van der Waals surface area contributed by atoms with E-state index in [4.69, 9.17) is 14.4 Å². The Labute approximate surface area is 53.3 Å². The summed E-state index contributed by atoms with van der Waals surface area (Å²) in [6.45, 7) is 1.32. The summed E-state index contributed by atoms with van der Waals surface area (Å²) in [4.78, 5) is 26.8. The molecule has 47 valence electrons. The van der Waals surface area contributed by atoms with Gasteiger partial charge < -0.3 is 4.79 Å². The van der Waals surface area contributed by atoms with Crippen LogP contribution in [0.5, 0.6) is 0 Å². The summed E-state index contributed by atoms with van der Waals surface area (Å²) in [6.07, 6.45) is 1.50. The normalized spacial score (nSPS) is 4.62. The van der Waals surface area contributed by atoms with Gasteiger partial charge in [0.1, 0.15) is 0 Å². The molecule has 0 unspecified atom stereocenters. The fourth-order valence-electron chi connectivity index (χ4n) is 0.0139. The molecule has 4 heteroatoms. The van der Waals surface area contributed by atoms with E-state index in [2.05, 4.69) is 0 Å². The van der Waals surface area contributed by atoms with E-state index in [1.165, 1.54) is 22.2 Å². The maximum atomic E-state index is 9.05. The van der Waals surface area contributed by atoms with Crippen molar-refractivity contribution in [2.75, 3.05) is 0 Å². The van der Waals surface area contributed by atoms with Crippen molar-refractivity contribution in [1.29, 1.82) is 0 Å². The third-order valence-corrected chi connectivity index (χ3v) is 0.403. The van der Waals surface area contributed by atoms with Gasteiger partial charge in [0.05, 0.1) is 0 Å². The van der Waals surface area contributed by atoms with Crippen molar-refractivity contribution >= 4 is 15.2 Å². The Kier molecular flexibility index (Phi) is 21.0. The van der Waals surface area contributed by atoms with E-state index in [9.17, 15) is 0 Å². The number of rotatable bonds is 0. The van der Waals surface area contributed by atoms with Crippen molar-refractivity contribution in [3.05, 3.63) is 0 Å². The van der Waals surface area contributed by atoms with Crippen molar-refractivity contribution in [2.24, 2.45) is 0 Å². The maximum absolute atomic E-state index is 9.05. The Balaban J connectivity index is 0. The van der Waals surface area contributed by atoms with Crippen LogP contribution in [-0.4, -0.2) is 15.2 Å². The van der Waals surface area contributed by atoms with Gasteiger partial charge in [-0.3, -0.25) is 6.29 Å². The van der Waals surface area contributed by atoms with E-state index in [-0.39, 0.29) is 0 Å². The van der Waals surface area contributed by atoms with Crippen molar-refractivity contribution in [1.82, 2.24) is 0 Å². The number of carbonyl (C=O) groups excluding carboxylic acids is 3. The van der Waals surface area contributed by atoms with Crippen LogP contribution in [-0.2, 0) is 30.6 Å². The molecule has 0 spiro atoms. The minimum atomic E-state index is -0.704. The molecule has 3 nitrogen and oxygen atoms in total. The number of hydrogen-bond donors (Lipinski definition) is 0. The Bertz CT molecular complexity index is 135. The molecule has 0 aliphatic carbocycles. The van der Waals surface area contributed by atoms with E-state index in [0.717, 1.165) is 0 Å². The van der Waals surface area contributed by atoms with Gasteiger partial charge in [-0.15, -0.1) is 0 Å². The van der Waals surface area contributed by atoms with Gasteiger partial charge in [-0.25, -0.2) is 0 Å². The Morgan fingerprint density at radius 3 is 1.62 bits per heavy atom. The Morgan fingerprint density at radius 2 is 1.62 bits per heavy atom. The van der Waals surface area contributed by atoms with Crippen molar-refractivity contribution in [2.45, 2.75) is 6.92 Å². The van der Waals surface area contributed by atoms with Gasteiger partial charge in [0, 0.05) is 0 Å². The van der Waals surface area contributed by atoms with Crippen LogP contribution in [0.2, 0.25) is 0 Å². The zero-order chi connectivity index (χ0) is 6.83. The first-order chi connectivity index (χ1) is 3.83. The monoisotopic (exact) mass is 202 g/mol. The molecular formula is C4H3O3Rh-.